The highest BCUT2D eigenvalue weighted by molar-refractivity contribution is 9.10. The second-order valence-corrected chi connectivity index (χ2v) is 4.32. The van der Waals surface area contributed by atoms with Crippen LogP contribution in [0.15, 0.2) is 4.47 Å². The number of hydrogen-bond donors (Lipinski definition) is 1. The van der Waals surface area contributed by atoms with Crippen LogP contribution in [0.25, 0.3) is 0 Å². The molecule has 1 aromatic rings. The monoisotopic (exact) mass is 273 g/mol. The van der Waals surface area contributed by atoms with Gasteiger partial charge in [-0.3, -0.25) is 0 Å². The van der Waals surface area contributed by atoms with Crippen LogP contribution >= 0.6 is 15.9 Å². The zero-order valence-corrected chi connectivity index (χ0v) is 11.1. The molecule has 0 fully saturated rings. The number of hydrogen-bond acceptors (Lipinski definition) is 4. The van der Waals surface area contributed by atoms with Crippen LogP contribution in [0.5, 0.6) is 0 Å². The highest BCUT2D eigenvalue weighted by atomic mass is 79.9. The summed E-state index contributed by atoms with van der Waals surface area (Å²) in [5, 5.41) is 3.04. The maximum Gasteiger partial charge on any atom is 0.156 e. The van der Waals surface area contributed by atoms with Gasteiger partial charge in [-0.05, 0) is 21.8 Å². The number of ether oxygens (including phenoxy) is 1. The van der Waals surface area contributed by atoms with E-state index in [9.17, 15) is 0 Å². The van der Waals surface area contributed by atoms with Crippen molar-refractivity contribution < 1.29 is 4.74 Å². The number of halogens is 1. The Morgan fingerprint density at radius 3 is 2.53 bits per heavy atom. The van der Waals surface area contributed by atoms with Crippen molar-refractivity contribution in [2.75, 3.05) is 19.5 Å². The first kappa shape index (κ1) is 12.4. The van der Waals surface area contributed by atoms with Crippen molar-refractivity contribution in [1.29, 1.82) is 0 Å². The van der Waals surface area contributed by atoms with Crippen LogP contribution in [0, 0.1) is 0 Å². The molecule has 5 heteroatoms. The molecule has 0 aliphatic rings. The summed E-state index contributed by atoms with van der Waals surface area (Å²) in [5.41, 5.74) is 1.00. The van der Waals surface area contributed by atoms with E-state index < -0.39 is 0 Å². The maximum atomic E-state index is 5.03. The number of anilines is 1. The summed E-state index contributed by atoms with van der Waals surface area (Å²) < 4.78 is 5.96. The molecule has 84 valence electrons. The minimum Gasteiger partial charge on any atom is -0.377 e. The normalized spacial score (nSPS) is 10.8. The largest absolute Gasteiger partial charge is 0.377 e. The van der Waals surface area contributed by atoms with E-state index in [1.807, 2.05) is 7.05 Å². The Labute approximate surface area is 98.6 Å². The molecule has 1 heterocycles. The van der Waals surface area contributed by atoms with Crippen molar-refractivity contribution in [2.24, 2.45) is 0 Å². The Balaban J connectivity index is 3.19. The van der Waals surface area contributed by atoms with Crippen LogP contribution in [0.4, 0.5) is 5.82 Å². The molecule has 1 aromatic heterocycles. The van der Waals surface area contributed by atoms with Gasteiger partial charge < -0.3 is 10.1 Å². The standard InChI is InChI=1S/C10H16BrN3O/c1-6(2)9-8(11)10(12-3)14-7(13-9)5-15-4/h6H,5H2,1-4H3,(H,12,13,14). The minimum absolute atomic E-state index is 0.352. The van der Waals surface area contributed by atoms with Crippen molar-refractivity contribution in [3.05, 3.63) is 16.0 Å². The quantitative estimate of drug-likeness (QED) is 0.916. The lowest BCUT2D eigenvalue weighted by Crippen LogP contribution is -2.07. The lowest BCUT2D eigenvalue weighted by molar-refractivity contribution is 0.177. The van der Waals surface area contributed by atoms with Gasteiger partial charge in [-0.1, -0.05) is 13.8 Å². The predicted octanol–water partition coefficient (Wildman–Crippen LogP) is 2.55. The van der Waals surface area contributed by atoms with E-state index in [4.69, 9.17) is 4.74 Å². The number of aromatic nitrogens is 2. The summed E-state index contributed by atoms with van der Waals surface area (Å²) in [6.45, 7) is 4.63. The first-order valence-corrected chi connectivity index (χ1v) is 5.62. The molecule has 0 bridgehead atoms. The van der Waals surface area contributed by atoms with Gasteiger partial charge in [0.15, 0.2) is 5.82 Å². The Hall–Kier alpha value is -0.680. The fourth-order valence-corrected chi connectivity index (χ4v) is 2.09. The van der Waals surface area contributed by atoms with Gasteiger partial charge in [0.05, 0.1) is 10.2 Å². The van der Waals surface area contributed by atoms with E-state index in [2.05, 4.69) is 45.1 Å². The van der Waals surface area contributed by atoms with Gasteiger partial charge in [0.2, 0.25) is 0 Å². The van der Waals surface area contributed by atoms with Crippen LogP contribution in [0.1, 0.15) is 31.3 Å². The number of rotatable bonds is 4. The van der Waals surface area contributed by atoms with Gasteiger partial charge in [-0.15, -0.1) is 0 Å². The molecular formula is C10H16BrN3O. The summed E-state index contributed by atoms with van der Waals surface area (Å²) in [4.78, 5) is 8.78. The van der Waals surface area contributed by atoms with Crippen molar-refractivity contribution in [3.63, 3.8) is 0 Å². The van der Waals surface area contributed by atoms with Crippen molar-refractivity contribution >= 4 is 21.7 Å². The third kappa shape index (κ3) is 2.89. The number of nitrogens with zero attached hydrogens (tertiary/aromatic N) is 2. The molecule has 0 spiro atoms. The Kier molecular flexibility index (Phi) is 4.47. The topological polar surface area (TPSA) is 47.0 Å². The van der Waals surface area contributed by atoms with E-state index in [0.717, 1.165) is 16.0 Å². The van der Waals surface area contributed by atoms with E-state index in [1.54, 1.807) is 7.11 Å². The fourth-order valence-electron chi connectivity index (χ4n) is 1.25. The van der Waals surface area contributed by atoms with Crippen LogP contribution < -0.4 is 5.32 Å². The van der Waals surface area contributed by atoms with Crippen molar-refractivity contribution in [1.82, 2.24) is 9.97 Å². The minimum atomic E-state index is 0.352. The van der Waals surface area contributed by atoms with Gasteiger partial charge in [-0.2, -0.15) is 0 Å². The van der Waals surface area contributed by atoms with Crippen molar-refractivity contribution in [2.45, 2.75) is 26.4 Å². The van der Waals surface area contributed by atoms with Crippen LogP contribution in [0.2, 0.25) is 0 Å². The van der Waals surface area contributed by atoms with E-state index in [-0.39, 0.29) is 0 Å². The maximum absolute atomic E-state index is 5.03. The fraction of sp³-hybridized carbons (Fsp3) is 0.600. The van der Waals surface area contributed by atoms with Crippen LogP contribution in [-0.2, 0) is 11.3 Å². The molecular weight excluding hydrogens is 258 g/mol. The smallest absolute Gasteiger partial charge is 0.156 e. The third-order valence-corrected chi connectivity index (χ3v) is 2.76. The number of nitrogens with one attached hydrogen (secondary N) is 1. The zero-order valence-electron chi connectivity index (χ0n) is 9.47. The molecule has 1 rings (SSSR count). The average molecular weight is 274 g/mol. The number of methoxy groups -OCH3 is 1. The highest BCUT2D eigenvalue weighted by Crippen LogP contribution is 2.28. The molecule has 0 unspecified atom stereocenters. The summed E-state index contributed by atoms with van der Waals surface area (Å²) >= 11 is 3.50. The molecule has 1 N–H and O–H groups in total. The zero-order chi connectivity index (χ0) is 11.4. The molecule has 15 heavy (non-hydrogen) atoms. The van der Waals surface area contributed by atoms with Gasteiger partial charge >= 0.3 is 0 Å². The second-order valence-electron chi connectivity index (χ2n) is 3.53. The Morgan fingerprint density at radius 1 is 1.40 bits per heavy atom. The first-order chi connectivity index (χ1) is 7.10. The molecule has 0 atom stereocenters. The first-order valence-electron chi connectivity index (χ1n) is 4.83. The summed E-state index contributed by atoms with van der Waals surface area (Å²) in [5.74, 6) is 1.86. The molecule has 0 radical (unpaired) electrons. The molecule has 0 saturated carbocycles. The molecule has 4 nitrogen and oxygen atoms in total. The summed E-state index contributed by atoms with van der Waals surface area (Å²) in [6, 6.07) is 0. The lowest BCUT2D eigenvalue weighted by Gasteiger charge is -2.12. The van der Waals surface area contributed by atoms with Crippen LogP contribution in [-0.4, -0.2) is 24.1 Å². The Bertz CT molecular complexity index is 342. The lowest BCUT2D eigenvalue weighted by atomic mass is 10.1. The van der Waals surface area contributed by atoms with Gasteiger partial charge in [0.25, 0.3) is 0 Å². The van der Waals surface area contributed by atoms with E-state index >= 15 is 0 Å². The highest BCUT2D eigenvalue weighted by Gasteiger charge is 2.13. The average Bonchev–Trinajstić information content (AvgIpc) is 2.20. The molecule has 0 saturated heterocycles. The van der Waals surface area contributed by atoms with Crippen molar-refractivity contribution in [3.8, 4) is 0 Å². The second kappa shape index (κ2) is 5.42. The molecule has 0 amide bonds. The van der Waals surface area contributed by atoms with E-state index in [1.165, 1.54) is 0 Å². The third-order valence-electron chi connectivity index (χ3n) is 1.98. The molecule has 0 aromatic carbocycles. The van der Waals surface area contributed by atoms with Gasteiger partial charge in [0, 0.05) is 14.2 Å². The van der Waals surface area contributed by atoms with Gasteiger partial charge in [-0.25, -0.2) is 9.97 Å². The summed E-state index contributed by atoms with van der Waals surface area (Å²) in [7, 11) is 3.48. The molecule has 0 aliphatic carbocycles. The van der Waals surface area contributed by atoms with Gasteiger partial charge in [0.1, 0.15) is 12.4 Å². The predicted molar refractivity (Wildman–Crippen MR) is 64.1 cm³/mol. The molecule has 0 aliphatic heterocycles. The summed E-state index contributed by atoms with van der Waals surface area (Å²) in [6.07, 6.45) is 0. The van der Waals surface area contributed by atoms with E-state index in [0.29, 0.717) is 18.3 Å². The SMILES string of the molecule is CNc1nc(COC)nc(C(C)C)c1Br. The van der Waals surface area contributed by atoms with Crippen LogP contribution in [0.3, 0.4) is 0 Å². The Morgan fingerprint density at radius 2 is 2.07 bits per heavy atom.